The fourth-order valence-corrected chi connectivity index (χ4v) is 2.28. The lowest BCUT2D eigenvalue weighted by Crippen LogP contribution is -2.16. The molecule has 1 aromatic carbocycles. The third-order valence-electron chi connectivity index (χ3n) is 2.73. The van der Waals surface area contributed by atoms with Crippen molar-refractivity contribution in [3.63, 3.8) is 0 Å². The number of benzene rings is 1. The Labute approximate surface area is 128 Å². The van der Waals surface area contributed by atoms with E-state index in [0.717, 1.165) is 6.26 Å². The van der Waals surface area contributed by atoms with Gasteiger partial charge in [-0.05, 0) is 24.3 Å². The summed E-state index contributed by atoms with van der Waals surface area (Å²) in [7, 11) is 2.02. The summed E-state index contributed by atoms with van der Waals surface area (Å²) in [6, 6.07) is 6.05. The van der Waals surface area contributed by atoms with Crippen LogP contribution in [0.25, 0.3) is 0 Å². The number of nitrogens with one attached hydrogen (secondary N) is 2. The molecule has 0 aliphatic carbocycles. The van der Waals surface area contributed by atoms with E-state index in [1.165, 1.54) is 18.3 Å². The number of aromatic nitrogens is 2. The van der Waals surface area contributed by atoms with E-state index in [-0.39, 0.29) is 22.2 Å². The Morgan fingerprint density at radius 3 is 2.41 bits per heavy atom. The molecule has 112 valence electrons. The zero-order chi connectivity index (χ0) is 16.3. The van der Waals surface area contributed by atoms with Gasteiger partial charge in [0, 0.05) is 18.1 Å². The highest BCUT2D eigenvalue weighted by Crippen LogP contribution is 2.18. The molecule has 0 bridgehead atoms. The van der Waals surface area contributed by atoms with Crippen molar-refractivity contribution < 1.29 is 13.2 Å². The molecule has 0 saturated carbocycles. The normalized spacial score (nSPS) is 11.0. The van der Waals surface area contributed by atoms with Gasteiger partial charge in [-0.3, -0.25) is 4.79 Å². The van der Waals surface area contributed by atoms with E-state index in [1.807, 2.05) is 0 Å². The zero-order valence-corrected chi connectivity index (χ0v) is 12.4. The lowest BCUT2D eigenvalue weighted by Gasteiger charge is -2.09. The highest BCUT2D eigenvalue weighted by molar-refractivity contribution is 7.90. The van der Waals surface area contributed by atoms with Crippen LogP contribution in [0.5, 0.6) is 0 Å². The van der Waals surface area contributed by atoms with Crippen LogP contribution in [0.1, 0.15) is 10.4 Å². The van der Waals surface area contributed by atoms with Gasteiger partial charge in [-0.1, -0.05) is 0 Å². The van der Waals surface area contributed by atoms with E-state index >= 15 is 0 Å². The van der Waals surface area contributed by atoms with Crippen LogP contribution in [-0.2, 0) is 9.84 Å². The molecule has 8 nitrogen and oxygen atoms in total. The fourth-order valence-electron chi connectivity index (χ4n) is 1.65. The minimum absolute atomic E-state index is 0.0560. The summed E-state index contributed by atoms with van der Waals surface area (Å²) in [5.41, 5.74) is 5.79. The highest BCUT2D eigenvalue weighted by Gasteiger charge is 2.11. The Balaban J connectivity index is 2.26. The van der Waals surface area contributed by atoms with Crippen molar-refractivity contribution in [3.05, 3.63) is 36.0 Å². The van der Waals surface area contributed by atoms with Crippen molar-refractivity contribution in [2.24, 2.45) is 5.73 Å². The maximum atomic E-state index is 11.4. The molecule has 0 atom stereocenters. The van der Waals surface area contributed by atoms with Gasteiger partial charge in [0.2, 0.25) is 13.9 Å². The molecule has 0 saturated heterocycles. The van der Waals surface area contributed by atoms with Gasteiger partial charge in [-0.25, -0.2) is 13.4 Å². The summed E-state index contributed by atoms with van der Waals surface area (Å²) >= 11 is 0. The second-order valence-electron chi connectivity index (χ2n) is 4.39. The number of nitrogens with zero attached hydrogens (tertiary/aromatic N) is 2. The monoisotopic (exact) mass is 317 g/mol. The first-order valence-corrected chi connectivity index (χ1v) is 7.91. The van der Waals surface area contributed by atoms with Gasteiger partial charge in [-0.2, -0.15) is 4.98 Å². The standard InChI is InChI=1S/C12H12BN5O3S/c1-22(20,21)8-4-2-7(3-5-8)16-12-15-6-9(10(14)19)11(17-12)18-13/h2-6H,1H3,(H2,14,19)(H2,15,16,17,18). The quantitative estimate of drug-likeness (QED) is 0.673. The average Bonchev–Trinajstić information content (AvgIpc) is 2.46. The number of hydrogen-bond acceptors (Lipinski definition) is 7. The summed E-state index contributed by atoms with van der Waals surface area (Å²) in [5.74, 6) is -0.459. The second-order valence-corrected chi connectivity index (χ2v) is 6.40. The molecule has 1 aromatic heterocycles. The fraction of sp³-hybridized carbons (Fsp3) is 0.0833. The predicted molar refractivity (Wildman–Crippen MR) is 82.8 cm³/mol. The number of carbonyl (C=O) groups excluding carboxylic acids is 1. The van der Waals surface area contributed by atoms with Crippen molar-refractivity contribution in [2.75, 3.05) is 16.8 Å². The van der Waals surface area contributed by atoms with E-state index < -0.39 is 15.7 Å². The summed E-state index contributed by atoms with van der Waals surface area (Å²) in [4.78, 5) is 19.3. The lowest BCUT2D eigenvalue weighted by molar-refractivity contribution is 0.100. The van der Waals surface area contributed by atoms with Crippen LogP contribution in [-0.4, -0.2) is 38.5 Å². The molecule has 0 spiro atoms. The Bertz CT molecular complexity index is 808. The van der Waals surface area contributed by atoms with Gasteiger partial charge in [-0.15, -0.1) is 0 Å². The second kappa shape index (κ2) is 6.02. The molecule has 22 heavy (non-hydrogen) atoms. The molecule has 1 amide bonds. The Morgan fingerprint density at radius 1 is 1.27 bits per heavy atom. The minimum Gasteiger partial charge on any atom is -0.422 e. The molecule has 10 heteroatoms. The summed E-state index contributed by atoms with van der Waals surface area (Å²) in [6.45, 7) is 0. The number of amides is 1. The number of hydrogen-bond donors (Lipinski definition) is 3. The lowest BCUT2D eigenvalue weighted by atomic mass is 10.2. The first-order valence-electron chi connectivity index (χ1n) is 6.02. The van der Waals surface area contributed by atoms with Gasteiger partial charge in [0.05, 0.1) is 10.5 Å². The van der Waals surface area contributed by atoms with E-state index in [0.29, 0.717) is 5.69 Å². The van der Waals surface area contributed by atoms with Crippen molar-refractivity contribution in [1.82, 2.24) is 9.97 Å². The van der Waals surface area contributed by atoms with Crippen molar-refractivity contribution in [1.29, 1.82) is 0 Å². The maximum absolute atomic E-state index is 11.4. The van der Waals surface area contributed by atoms with Crippen LogP contribution < -0.4 is 16.3 Å². The van der Waals surface area contributed by atoms with Crippen molar-refractivity contribution in [2.45, 2.75) is 4.90 Å². The van der Waals surface area contributed by atoms with Crippen LogP contribution in [0.4, 0.5) is 17.5 Å². The topological polar surface area (TPSA) is 127 Å². The molecular weight excluding hydrogens is 305 g/mol. The number of primary amides is 1. The van der Waals surface area contributed by atoms with Crippen LogP contribution in [0.2, 0.25) is 0 Å². The van der Waals surface area contributed by atoms with Gasteiger partial charge < -0.3 is 16.3 Å². The number of carbonyl (C=O) groups is 1. The molecule has 0 unspecified atom stereocenters. The molecular formula is C12H12BN5O3S. The van der Waals surface area contributed by atoms with Gasteiger partial charge in [0.25, 0.3) is 5.91 Å². The van der Waals surface area contributed by atoms with Gasteiger partial charge in [0.1, 0.15) is 5.82 Å². The first kappa shape index (κ1) is 15.8. The number of anilines is 3. The number of sulfone groups is 1. The van der Waals surface area contributed by atoms with Gasteiger partial charge >= 0.3 is 0 Å². The van der Waals surface area contributed by atoms with Crippen molar-refractivity contribution >= 4 is 41.2 Å². The molecule has 2 radical (unpaired) electrons. The molecule has 1 heterocycles. The Morgan fingerprint density at radius 2 is 1.91 bits per heavy atom. The predicted octanol–water partition coefficient (Wildman–Crippen LogP) is 0.218. The summed E-state index contributed by atoms with van der Waals surface area (Å²) in [6.07, 6.45) is 2.36. The Hall–Kier alpha value is -2.62. The highest BCUT2D eigenvalue weighted by atomic mass is 32.2. The Kier molecular flexibility index (Phi) is 4.31. The average molecular weight is 317 g/mol. The first-order chi connectivity index (χ1) is 10.3. The maximum Gasteiger partial charge on any atom is 0.253 e. The molecule has 0 fully saturated rings. The van der Waals surface area contributed by atoms with Gasteiger partial charge in [0.15, 0.2) is 9.84 Å². The largest absolute Gasteiger partial charge is 0.422 e. The third kappa shape index (κ3) is 3.53. The van der Waals surface area contributed by atoms with Crippen LogP contribution in [0.3, 0.4) is 0 Å². The van der Waals surface area contributed by atoms with E-state index in [4.69, 9.17) is 13.7 Å². The van der Waals surface area contributed by atoms with Crippen LogP contribution in [0.15, 0.2) is 35.4 Å². The van der Waals surface area contributed by atoms with E-state index in [1.54, 1.807) is 12.1 Å². The molecule has 2 aromatic rings. The summed E-state index contributed by atoms with van der Waals surface area (Å²) in [5, 5.41) is 5.12. The third-order valence-corrected chi connectivity index (χ3v) is 3.86. The molecule has 4 N–H and O–H groups in total. The molecule has 2 rings (SSSR count). The molecule has 0 aliphatic heterocycles. The van der Waals surface area contributed by atoms with Crippen LogP contribution in [0, 0.1) is 0 Å². The van der Waals surface area contributed by atoms with Crippen LogP contribution >= 0.6 is 0 Å². The summed E-state index contributed by atoms with van der Waals surface area (Å²) < 4.78 is 22.8. The smallest absolute Gasteiger partial charge is 0.253 e. The molecule has 0 aliphatic rings. The SMILES string of the molecule is [B]Nc1nc(Nc2ccc(S(C)(=O)=O)cc2)ncc1C(N)=O. The van der Waals surface area contributed by atoms with E-state index in [2.05, 4.69) is 20.5 Å². The zero-order valence-electron chi connectivity index (χ0n) is 11.6. The van der Waals surface area contributed by atoms with Crippen molar-refractivity contribution in [3.8, 4) is 0 Å². The minimum atomic E-state index is -3.26. The number of rotatable bonds is 5. The number of nitrogens with two attached hydrogens (primary N) is 1. The van der Waals surface area contributed by atoms with E-state index in [9.17, 15) is 13.2 Å².